The minimum Gasteiger partial charge on any atom is -0.378 e. The predicted octanol–water partition coefficient (Wildman–Crippen LogP) is 4.02. The summed E-state index contributed by atoms with van der Waals surface area (Å²) in [4.78, 5) is 23.4. The third kappa shape index (κ3) is 5.30. The summed E-state index contributed by atoms with van der Waals surface area (Å²) in [5.41, 5.74) is 8.36. The second-order valence-corrected chi connectivity index (χ2v) is 11.6. The van der Waals surface area contributed by atoms with Gasteiger partial charge in [-0.1, -0.05) is 0 Å². The van der Waals surface area contributed by atoms with Crippen LogP contribution in [0, 0.1) is 5.82 Å². The van der Waals surface area contributed by atoms with Gasteiger partial charge >= 0.3 is 0 Å². The molecular formula is C33H33FN10O. The monoisotopic (exact) mass is 604 g/mol. The van der Waals surface area contributed by atoms with Gasteiger partial charge in [0.05, 0.1) is 30.3 Å². The molecule has 5 aromatic heterocycles. The minimum atomic E-state index is -0.299. The van der Waals surface area contributed by atoms with Crippen molar-refractivity contribution in [2.45, 2.75) is 6.54 Å². The summed E-state index contributed by atoms with van der Waals surface area (Å²) in [7, 11) is 1.95. The van der Waals surface area contributed by atoms with E-state index in [4.69, 9.17) is 9.72 Å². The van der Waals surface area contributed by atoms with Crippen LogP contribution in [0.2, 0.25) is 0 Å². The van der Waals surface area contributed by atoms with Gasteiger partial charge in [0.25, 0.3) is 0 Å². The van der Waals surface area contributed by atoms with E-state index >= 15 is 0 Å². The lowest BCUT2D eigenvalue weighted by Crippen LogP contribution is -2.42. The Morgan fingerprint density at radius 1 is 0.867 bits per heavy atom. The van der Waals surface area contributed by atoms with Crippen molar-refractivity contribution in [3.05, 3.63) is 72.7 Å². The number of rotatable bonds is 6. The number of pyridine rings is 3. The average molecular weight is 605 g/mol. The highest BCUT2D eigenvalue weighted by Crippen LogP contribution is 2.35. The number of H-pyrrole nitrogens is 1. The van der Waals surface area contributed by atoms with E-state index < -0.39 is 0 Å². The topological polar surface area (TPSA) is 113 Å². The molecule has 2 aliphatic rings. The maximum absolute atomic E-state index is 14.9. The van der Waals surface area contributed by atoms with Gasteiger partial charge < -0.3 is 19.5 Å². The number of piperazine rings is 1. The number of fused-ring (bicyclic) bond motifs is 2. The molecule has 0 saturated carbocycles. The molecule has 2 saturated heterocycles. The molecule has 7 heterocycles. The Kier molecular flexibility index (Phi) is 7.16. The van der Waals surface area contributed by atoms with Crippen molar-refractivity contribution < 1.29 is 9.13 Å². The van der Waals surface area contributed by atoms with Gasteiger partial charge in [-0.15, -0.1) is 0 Å². The number of nitrogens with zero attached hydrogens (tertiary/aromatic N) is 8. The number of imidazole rings is 1. The number of hydrogen-bond acceptors (Lipinski definition) is 9. The molecule has 0 bridgehead atoms. The van der Waals surface area contributed by atoms with E-state index in [2.05, 4.69) is 52.4 Å². The number of aryl methyl sites for hydroxylation is 1. The third-order valence-corrected chi connectivity index (χ3v) is 8.74. The molecule has 228 valence electrons. The first-order valence-corrected chi connectivity index (χ1v) is 15.3. The van der Waals surface area contributed by atoms with Crippen LogP contribution in [0.25, 0.3) is 55.8 Å². The molecule has 12 heteroatoms. The van der Waals surface area contributed by atoms with Crippen molar-refractivity contribution in [1.29, 1.82) is 0 Å². The summed E-state index contributed by atoms with van der Waals surface area (Å²) in [5, 5.41) is 11.9. The Morgan fingerprint density at radius 2 is 1.69 bits per heavy atom. The van der Waals surface area contributed by atoms with Crippen LogP contribution in [0.5, 0.6) is 0 Å². The molecule has 11 nitrogen and oxygen atoms in total. The van der Waals surface area contributed by atoms with Crippen LogP contribution in [0.15, 0.2) is 61.3 Å². The summed E-state index contributed by atoms with van der Waals surface area (Å²) in [6.45, 7) is 7.63. The number of benzene rings is 1. The molecule has 0 spiro atoms. The summed E-state index contributed by atoms with van der Waals surface area (Å²) in [6.07, 6.45) is 9.19. The van der Waals surface area contributed by atoms with E-state index in [9.17, 15) is 4.39 Å². The van der Waals surface area contributed by atoms with E-state index in [1.54, 1.807) is 24.5 Å². The first-order valence-electron chi connectivity index (χ1n) is 15.3. The molecule has 2 aliphatic heterocycles. The largest absolute Gasteiger partial charge is 0.378 e. The average Bonchev–Trinajstić information content (AvgIpc) is 3.65. The fourth-order valence-corrected chi connectivity index (χ4v) is 6.36. The van der Waals surface area contributed by atoms with Crippen LogP contribution in [0.1, 0.15) is 5.56 Å². The van der Waals surface area contributed by atoms with Crippen molar-refractivity contribution in [3.63, 3.8) is 0 Å². The molecule has 8 rings (SSSR count). The van der Waals surface area contributed by atoms with E-state index in [0.29, 0.717) is 24.7 Å². The number of anilines is 1. The van der Waals surface area contributed by atoms with E-state index in [1.807, 2.05) is 36.3 Å². The number of halogens is 1. The first kappa shape index (κ1) is 27.7. The Balaban J connectivity index is 1.17. The summed E-state index contributed by atoms with van der Waals surface area (Å²) in [6, 6.07) is 9.40. The molecule has 45 heavy (non-hydrogen) atoms. The van der Waals surface area contributed by atoms with Crippen molar-refractivity contribution in [1.82, 2.24) is 44.9 Å². The number of aromatic nitrogens is 7. The maximum Gasteiger partial charge on any atom is 0.181 e. The zero-order chi connectivity index (χ0) is 30.3. The molecule has 0 amide bonds. The van der Waals surface area contributed by atoms with Gasteiger partial charge in [0.15, 0.2) is 11.5 Å². The molecule has 2 fully saturated rings. The summed E-state index contributed by atoms with van der Waals surface area (Å²) < 4.78 is 22.4. The lowest BCUT2D eigenvalue weighted by atomic mass is 10.0. The highest BCUT2D eigenvalue weighted by atomic mass is 19.1. The van der Waals surface area contributed by atoms with Crippen LogP contribution in [-0.2, 0) is 18.3 Å². The van der Waals surface area contributed by atoms with Gasteiger partial charge in [-0.2, -0.15) is 5.10 Å². The molecule has 2 N–H and O–H groups in total. The molecule has 0 atom stereocenters. The molecule has 0 radical (unpaired) electrons. The smallest absolute Gasteiger partial charge is 0.181 e. The van der Waals surface area contributed by atoms with E-state index in [-0.39, 0.29) is 5.82 Å². The molecule has 6 aromatic rings. The van der Waals surface area contributed by atoms with E-state index in [1.165, 1.54) is 5.56 Å². The number of nitrogens with one attached hydrogen (secondary N) is 2. The van der Waals surface area contributed by atoms with Crippen molar-refractivity contribution in [3.8, 4) is 33.8 Å². The van der Waals surface area contributed by atoms with Gasteiger partial charge in [0.2, 0.25) is 0 Å². The van der Waals surface area contributed by atoms with Crippen LogP contribution in [0.4, 0.5) is 10.1 Å². The normalized spacial score (nSPS) is 16.2. The Hall–Kier alpha value is -4.78. The highest BCUT2D eigenvalue weighted by molar-refractivity contribution is 5.97. The maximum atomic E-state index is 14.9. The van der Waals surface area contributed by atoms with Crippen molar-refractivity contribution in [2.24, 2.45) is 7.05 Å². The molecule has 0 unspecified atom stereocenters. The fourth-order valence-electron chi connectivity index (χ4n) is 6.36. The summed E-state index contributed by atoms with van der Waals surface area (Å²) in [5.74, 6) is 0.392. The number of aromatic amines is 1. The number of ether oxygens (including phenoxy) is 1. The van der Waals surface area contributed by atoms with Gasteiger partial charge in [0.1, 0.15) is 17.0 Å². The van der Waals surface area contributed by atoms with Gasteiger partial charge in [-0.25, -0.2) is 14.4 Å². The van der Waals surface area contributed by atoms with Crippen LogP contribution in [0.3, 0.4) is 0 Å². The minimum absolute atomic E-state index is 0.299. The fraction of sp³-hybridized carbons (Fsp3) is 0.303. The Labute approximate surface area is 259 Å². The number of hydrogen-bond donors (Lipinski definition) is 2. The quantitative estimate of drug-likeness (QED) is 0.291. The predicted molar refractivity (Wildman–Crippen MR) is 171 cm³/mol. The number of morpholine rings is 1. The van der Waals surface area contributed by atoms with Crippen molar-refractivity contribution >= 4 is 27.8 Å². The molecule has 1 aromatic carbocycles. The standard InChI is InChI=1S/C33H33FN10O/c1-42-29-19-37-18-28(22-11-25(34)14-26(12-22)44-6-8-45-9-7-44)30(29)39-33(42)31-27-13-24(17-38-32(27)41-40-31)23-10-21(15-36-16-23)20-43-4-2-35-3-5-43/h10-19,35H,2-9,20H2,1H3,(H,38,40,41). The lowest BCUT2D eigenvalue weighted by Gasteiger charge is -2.29. The van der Waals surface area contributed by atoms with Gasteiger partial charge in [-0.3, -0.25) is 20.0 Å². The SMILES string of the molecule is Cn1c(-c2[nH]nc3ncc(-c4cncc(CN5CCNCC5)c4)cc23)nc2c(-c3cc(F)cc(N4CCOCC4)c3)cncc21. The van der Waals surface area contributed by atoms with E-state index in [0.717, 1.165) is 95.9 Å². The van der Waals surface area contributed by atoms with Gasteiger partial charge in [-0.05, 0) is 41.5 Å². The second kappa shape index (κ2) is 11.6. The molecular weight excluding hydrogens is 571 g/mol. The Bertz CT molecular complexity index is 2010. The van der Waals surface area contributed by atoms with Crippen LogP contribution >= 0.6 is 0 Å². The van der Waals surface area contributed by atoms with Crippen LogP contribution < -0.4 is 10.2 Å². The first-order chi connectivity index (χ1) is 22.1. The Morgan fingerprint density at radius 3 is 2.56 bits per heavy atom. The third-order valence-electron chi connectivity index (χ3n) is 8.74. The van der Waals surface area contributed by atoms with Crippen molar-refractivity contribution in [2.75, 3.05) is 57.4 Å². The molecule has 0 aliphatic carbocycles. The zero-order valence-corrected chi connectivity index (χ0v) is 25.0. The highest BCUT2D eigenvalue weighted by Gasteiger charge is 2.21. The zero-order valence-electron chi connectivity index (χ0n) is 25.0. The van der Waals surface area contributed by atoms with Crippen LogP contribution in [-0.4, -0.2) is 92.1 Å². The second-order valence-electron chi connectivity index (χ2n) is 11.6. The lowest BCUT2D eigenvalue weighted by molar-refractivity contribution is 0.122. The summed E-state index contributed by atoms with van der Waals surface area (Å²) >= 11 is 0. The van der Waals surface area contributed by atoms with Gasteiger partial charge in [0, 0.05) is 100 Å².